The van der Waals surface area contributed by atoms with Gasteiger partial charge in [0.2, 0.25) is 0 Å². The first-order chi connectivity index (χ1) is 18.8. The van der Waals surface area contributed by atoms with E-state index in [4.69, 9.17) is 0 Å². The van der Waals surface area contributed by atoms with E-state index in [0.29, 0.717) is 44.8 Å². The van der Waals surface area contributed by atoms with Crippen molar-refractivity contribution < 1.29 is 22.7 Å². The van der Waals surface area contributed by atoms with Gasteiger partial charge in [-0.1, -0.05) is 23.5 Å². The maximum Gasteiger partial charge on any atom is 0.417 e. The van der Waals surface area contributed by atoms with E-state index in [1.54, 1.807) is 41.4 Å². The Balaban J connectivity index is 1.38. The quantitative estimate of drug-likeness (QED) is 0.266. The molecule has 2 aromatic carbocycles. The van der Waals surface area contributed by atoms with Gasteiger partial charge in [-0.05, 0) is 30.3 Å². The number of rotatable bonds is 5. The molecule has 2 aliphatic rings. The number of fused-ring (bicyclic) bond motifs is 1. The van der Waals surface area contributed by atoms with E-state index in [1.807, 2.05) is 0 Å². The Morgan fingerprint density at radius 2 is 1.74 bits per heavy atom. The third-order valence-electron chi connectivity index (χ3n) is 5.87. The number of hydrogen-bond donors (Lipinski definition) is 1. The summed E-state index contributed by atoms with van der Waals surface area (Å²) in [5.41, 5.74) is 1.68. The highest BCUT2D eigenvalue weighted by Gasteiger charge is 2.35. The van der Waals surface area contributed by atoms with E-state index < -0.39 is 23.3 Å². The molecule has 194 valence electrons. The van der Waals surface area contributed by atoms with Crippen LogP contribution in [0.25, 0.3) is 44.3 Å². The zero-order valence-electron chi connectivity index (χ0n) is 19.6. The Bertz CT molecular complexity index is 1770. The highest BCUT2D eigenvalue weighted by atomic mass is 32.1. The second-order valence-corrected chi connectivity index (χ2v) is 9.51. The standard InChI is InChI=1S/C26H15F4N7OS/c27-19-4-2-1-3-17(19)23-22(14-8-31-12-32-9-14)24-20(34-23)10-37(13-33-24)11-21-35-36-25(39-21)16-6-5-15(38)7-18(16)26(28,29)30/h1-10,12-13,38H,11H2. The largest absolute Gasteiger partial charge is 0.508 e. The first kappa shape index (κ1) is 24.6. The molecule has 0 amide bonds. The summed E-state index contributed by atoms with van der Waals surface area (Å²) in [5, 5.41) is 18.0. The maximum absolute atomic E-state index is 14.7. The van der Waals surface area contributed by atoms with Crippen molar-refractivity contribution in [2.75, 3.05) is 0 Å². The van der Waals surface area contributed by atoms with Gasteiger partial charge >= 0.3 is 6.18 Å². The summed E-state index contributed by atoms with van der Waals surface area (Å²) >= 11 is 0.987. The first-order valence-electron chi connectivity index (χ1n) is 11.4. The van der Waals surface area contributed by atoms with Gasteiger partial charge in [-0.2, -0.15) is 13.2 Å². The molecule has 4 heterocycles. The Morgan fingerprint density at radius 3 is 2.51 bits per heavy atom. The minimum absolute atomic E-state index is 0.0617. The Morgan fingerprint density at radius 1 is 0.949 bits per heavy atom. The van der Waals surface area contributed by atoms with Crippen molar-refractivity contribution in [3.63, 3.8) is 0 Å². The predicted octanol–water partition coefficient (Wildman–Crippen LogP) is 5.94. The molecule has 0 bridgehead atoms. The molecule has 4 aromatic rings. The maximum atomic E-state index is 14.7. The van der Waals surface area contributed by atoms with Crippen LogP contribution >= 0.6 is 11.3 Å². The van der Waals surface area contributed by atoms with Gasteiger partial charge in [0.1, 0.15) is 39.3 Å². The summed E-state index contributed by atoms with van der Waals surface area (Å²) in [6.07, 6.45) is 3.13. The van der Waals surface area contributed by atoms with E-state index in [1.165, 1.54) is 24.8 Å². The average molecular weight is 550 g/mol. The van der Waals surface area contributed by atoms with Crippen molar-refractivity contribution in [3.05, 3.63) is 90.1 Å². The van der Waals surface area contributed by atoms with Crippen LogP contribution in [0, 0.1) is 5.82 Å². The molecule has 2 aromatic heterocycles. The van der Waals surface area contributed by atoms with E-state index in [0.717, 1.165) is 17.4 Å². The van der Waals surface area contributed by atoms with E-state index >= 15 is 0 Å². The zero-order chi connectivity index (χ0) is 27.1. The van der Waals surface area contributed by atoms with E-state index in [-0.39, 0.29) is 17.1 Å². The van der Waals surface area contributed by atoms with Gasteiger partial charge in [0.05, 0.1) is 24.1 Å². The summed E-state index contributed by atoms with van der Waals surface area (Å²) in [6, 6.07) is 9.26. The number of hydrogen-bond acceptors (Lipinski definition) is 8. The Labute approximate surface area is 221 Å². The molecule has 2 aliphatic heterocycles. The molecule has 0 spiro atoms. The Hall–Kier alpha value is -4.78. The number of aromatic nitrogens is 7. The van der Waals surface area contributed by atoms with E-state index in [2.05, 4.69) is 30.1 Å². The highest BCUT2D eigenvalue weighted by molar-refractivity contribution is 7.14. The van der Waals surface area contributed by atoms with Crippen molar-refractivity contribution >= 4 is 11.3 Å². The lowest BCUT2D eigenvalue weighted by atomic mass is 10.0. The summed E-state index contributed by atoms with van der Waals surface area (Å²) in [7, 11) is 0. The number of alkyl halides is 3. The van der Waals surface area contributed by atoms with Crippen molar-refractivity contribution in [3.8, 4) is 50.1 Å². The molecule has 0 fully saturated rings. The fourth-order valence-corrected chi connectivity index (χ4v) is 5.07. The molecule has 13 heteroatoms. The van der Waals surface area contributed by atoms with Crippen molar-refractivity contribution in [2.24, 2.45) is 0 Å². The van der Waals surface area contributed by atoms with Crippen molar-refractivity contribution in [2.45, 2.75) is 12.7 Å². The van der Waals surface area contributed by atoms with Gasteiger partial charge < -0.3 is 9.67 Å². The fraction of sp³-hybridized carbons (Fsp3) is 0.0769. The van der Waals surface area contributed by atoms with E-state index in [9.17, 15) is 22.7 Å². The van der Waals surface area contributed by atoms with Crippen LogP contribution in [0.1, 0.15) is 10.6 Å². The minimum atomic E-state index is -4.68. The van der Waals surface area contributed by atoms with Crippen molar-refractivity contribution in [1.82, 2.24) is 34.7 Å². The number of phenols is 1. The molecular weight excluding hydrogens is 534 g/mol. The van der Waals surface area contributed by atoms with Crippen LogP contribution in [-0.2, 0) is 12.7 Å². The van der Waals surface area contributed by atoms with Gasteiger partial charge in [-0.3, -0.25) is 0 Å². The molecule has 6 rings (SSSR count). The van der Waals surface area contributed by atoms with Crippen LogP contribution in [0.5, 0.6) is 5.75 Å². The lowest BCUT2D eigenvalue weighted by Gasteiger charge is -2.11. The SMILES string of the molecule is Oc1ccc(-c2nnc(Cn3cnc4c(-c5cncnc5)c(-c5ccccc5F)nc-4c3)s2)c(C(F)(F)F)c1. The van der Waals surface area contributed by atoms with Gasteiger partial charge in [0.25, 0.3) is 0 Å². The zero-order valence-corrected chi connectivity index (χ0v) is 20.4. The van der Waals surface area contributed by atoms with Gasteiger partial charge in [0.15, 0.2) is 0 Å². The molecule has 0 saturated carbocycles. The molecule has 1 N–H and O–H groups in total. The number of halogens is 4. The van der Waals surface area contributed by atoms with Crippen LogP contribution in [0.2, 0.25) is 0 Å². The molecule has 0 atom stereocenters. The molecule has 0 unspecified atom stereocenters. The molecule has 39 heavy (non-hydrogen) atoms. The average Bonchev–Trinajstić information content (AvgIpc) is 3.53. The third-order valence-corrected chi connectivity index (χ3v) is 6.81. The molecule has 0 radical (unpaired) electrons. The lowest BCUT2D eigenvalue weighted by Crippen LogP contribution is -2.06. The number of phenolic OH excluding ortho intramolecular Hbond substituents is 1. The van der Waals surface area contributed by atoms with Crippen LogP contribution in [0.4, 0.5) is 17.6 Å². The van der Waals surface area contributed by atoms with Crippen LogP contribution in [0.3, 0.4) is 0 Å². The van der Waals surface area contributed by atoms with Crippen LogP contribution in [0.15, 0.2) is 73.7 Å². The monoisotopic (exact) mass is 549 g/mol. The highest BCUT2D eigenvalue weighted by Crippen LogP contribution is 2.42. The summed E-state index contributed by atoms with van der Waals surface area (Å²) < 4.78 is 56.9. The summed E-state index contributed by atoms with van der Waals surface area (Å²) in [5.74, 6) is -0.940. The second kappa shape index (κ2) is 9.51. The molecule has 0 aliphatic carbocycles. The summed E-state index contributed by atoms with van der Waals surface area (Å²) in [6.45, 7) is 0.158. The number of nitrogens with zero attached hydrogens (tertiary/aromatic N) is 7. The number of aromatic hydroxyl groups is 1. The number of benzene rings is 2. The van der Waals surface area contributed by atoms with Gasteiger partial charge in [-0.25, -0.2) is 24.3 Å². The predicted molar refractivity (Wildman–Crippen MR) is 134 cm³/mol. The first-order valence-corrected chi connectivity index (χ1v) is 12.2. The lowest BCUT2D eigenvalue weighted by molar-refractivity contribution is -0.137. The second-order valence-electron chi connectivity index (χ2n) is 8.45. The van der Waals surface area contributed by atoms with Gasteiger partial charge in [0, 0.05) is 40.8 Å². The van der Waals surface area contributed by atoms with Gasteiger partial charge in [-0.15, -0.1) is 10.2 Å². The topological polar surface area (TPSA) is 102 Å². The summed E-state index contributed by atoms with van der Waals surface area (Å²) in [4.78, 5) is 17.4. The normalized spacial score (nSPS) is 11.8. The smallest absolute Gasteiger partial charge is 0.417 e. The molecule has 8 nitrogen and oxygen atoms in total. The Kier molecular flexibility index (Phi) is 5.99. The fourth-order valence-electron chi connectivity index (χ4n) is 4.18. The van der Waals surface area contributed by atoms with Crippen LogP contribution in [-0.4, -0.2) is 39.8 Å². The molecule has 0 saturated heterocycles. The molecular formula is C26H15F4N7OS. The third kappa shape index (κ3) is 4.68. The minimum Gasteiger partial charge on any atom is -0.508 e. The van der Waals surface area contributed by atoms with Crippen LogP contribution < -0.4 is 0 Å². The van der Waals surface area contributed by atoms with Crippen molar-refractivity contribution in [1.29, 1.82) is 0 Å².